The number of thiocarbonyl (C=S) groups is 1. The summed E-state index contributed by atoms with van der Waals surface area (Å²) in [6.07, 6.45) is 2.03. The predicted molar refractivity (Wildman–Crippen MR) is 110 cm³/mol. The third-order valence-corrected chi connectivity index (χ3v) is 5.40. The molecule has 1 aliphatic heterocycles. The molecule has 2 aromatic carbocycles. The second-order valence-corrected chi connectivity index (χ2v) is 7.49. The van der Waals surface area contributed by atoms with Crippen LogP contribution in [0.4, 0.5) is 10.1 Å². The minimum absolute atomic E-state index is 0.220. The molecule has 0 bridgehead atoms. The summed E-state index contributed by atoms with van der Waals surface area (Å²) in [6, 6.07) is 18.5. The fourth-order valence-corrected chi connectivity index (χ4v) is 4.10. The Balaban J connectivity index is 1.70. The zero-order chi connectivity index (χ0) is 18.1. The lowest BCUT2D eigenvalue weighted by Crippen LogP contribution is -2.44. The van der Waals surface area contributed by atoms with Crippen LogP contribution in [0.25, 0.3) is 0 Å². The molecule has 26 heavy (non-hydrogen) atoms. The van der Waals surface area contributed by atoms with Gasteiger partial charge in [-0.05, 0) is 48.6 Å². The van der Waals surface area contributed by atoms with Crippen molar-refractivity contribution in [2.75, 3.05) is 11.9 Å². The van der Waals surface area contributed by atoms with Gasteiger partial charge >= 0.3 is 0 Å². The van der Waals surface area contributed by atoms with Gasteiger partial charge in [0, 0.05) is 40.7 Å². The SMILES string of the molecule is Fc1ccccc1[C@@H]1c2cccn2CCN1C(=S)Nc1cccc(Br)c1. The van der Waals surface area contributed by atoms with E-state index >= 15 is 0 Å². The van der Waals surface area contributed by atoms with Crippen LogP contribution in [0.3, 0.4) is 0 Å². The van der Waals surface area contributed by atoms with Crippen molar-refractivity contribution in [3.8, 4) is 0 Å². The van der Waals surface area contributed by atoms with Gasteiger partial charge in [-0.15, -0.1) is 0 Å². The summed E-state index contributed by atoms with van der Waals surface area (Å²) in [7, 11) is 0. The van der Waals surface area contributed by atoms with E-state index in [0.29, 0.717) is 17.2 Å². The number of nitrogens with one attached hydrogen (secondary N) is 1. The van der Waals surface area contributed by atoms with Gasteiger partial charge in [0.15, 0.2) is 5.11 Å². The van der Waals surface area contributed by atoms with Gasteiger partial charge in [0.05, 0.1) is 6.04 Å². The molecule has 2 heterocycles. The molecule has 132 valence electrons. The molecule has 4 rings (SSSR count). The smallest absolute Gasteiger partial charge is 0.174 e. The van der Waals surface area contributed by atoms with Gasteiger partial charge in [-0.1, -0.05) is 40.2 Å². The molecule has 0 aliphatic carbocycles. The molecule has 1 atom stereocenters. The molecule has 3 aromatic rings. The Morgan fingerprint density at radius 2 is 1.92 bits per heavy atom. The Hall–Kier alpha value is -2.18. The number of halogens is 2. The number of benzene rings is 2. The van der Waals surface area contributed by atoms with E-state index in [9.17, 15) is 4.39 Å². The van der Waals surface area contributed by atoms with Crippen LogP contribution in [0, 0.1) is 5.82 Å². The second kappa shape index (κ2) is 7.21. The highest BCUT2D eigenvalue weighted by atomic mass is 79.9. The lowest BCUT2D eigenvalue weighted by Gasteiger charge is -2.39. The van der Waals surface area contributed by atoms with Crippen LogP contribution in [0.1, 0.15) is 17.3 Å². The highest BCUT2D eigenvalue weighted by molar-refractivity contribution is 9.10. The van der Waals surface area contributed by atoms with Crippen molar-refractivity contribution in [2.24, 2.45) is 0 Å². The Bertz CT molecular complexity index is 955. The third kappa shape index (κ3) is 3.27. The van der Waals surface area contributed by atoms with Gasteiger partial charge in [-0.2, -0.15) is 0 Å². The molecule has 0 amide bonds. The average Bonchev–Trinajstić information content (AvgIpc) is 3.10. The summed E-state index contributed by atoms with van der Waals surface area (Å²) in [5, 5.41) is 3.88. The van der Waals surface area contributed by atoms with Crippen LogP contribution in [-0.2, 0) is 6.54 Å². The van der Waals surface area contributed by atoms with E-state index in [4.69, 9.17) is 12.2 Å². The summed E-state index contributed by atoms with van der Waals surface area (Å²) in [6.45, 7) is 1.52. The topological polar surface area (TPSA) is 20.2 Å². The minimum Gasteiger partial charge on any atom is -0.348 e. The largest absolute Gasteiger partial charge is 0.348 e. The fourth-order valence-electron chi connectivity index (χ4n) is 3.39. The molecule has 1 N–H and O–H groups in total. The van der Waals surface area contributed by atoms with Gasteiger partial charge in [-0.3, -0.25) is 0 Å². The number of hydrogen-bond donors (Lipinski definition) is 1. The molecular formula is C20H17BrFN3S. The van der Waals surface area contributed by atoms with Crippen molar-refractivity contribution < 1.29 is 4.39 Å². The van der Waals surface area contributed by atoms with Crippen LogP contribution < -0.4 is 5.32 Å². The van der Waals surface area contributed by atoms with Gasteiger partial charge in [-0.25, -0.2) is 4.39 Å². The van der Waals surface area contributed by atoms with Crippen molar-refractivity contribution in [3.63, 3.8) is 0 Å². The molecule has 0 spiro atoms. The fraction of sp³-hybridized carbons (Fsp3) is 0.150. The molecule has 6 heteroatoms. The van der Waals surface area contributed by atoms with Crippen molar-refractivity contribution in [1.82, 2.24) is 9.47 Å². The minimum atomic E-state index is -0.257. The van der Waals surface area contributed by atoms with Crippen LogP contribution in [0.5, 0.6) is 0 Å². The molecule has 0 saturated heterocycles. The van der Waals surface area contributed by atoms with Crippen LogP contribution in [-0.4, -0.2) is 21.1 Å². The Morgan fingerprint density at radius 1 is 1.08 bits per heavy atom. The lowest BCUT2D eigenvalue weighted by molar-refractivity contribution is 0.288. The zero-order valence-corrected chi connectivity index (χ0v) is 16.3. The number of hydrogen-bond acceptors (Lipinski definition) is 1. The second-order valence-electron chi connectivity index (χ2n) is 6.18. The first-order valence-corrected chi connectivity index (χ1v) is 9.56. The molecule has 0 unspecified atom stereocenters. The summed E-state index contributed by atoms with van der Waals surface area (Å²) in [5.41, 5.74) is 2.57. The highest BCUT2D eigenvalue weighted by Crippen LogP contribution is 2.34. The Kier molecular flexibility index (Phi) is 4.78. The number of rotatable bonds is 2. The van der Waals surface area contributed by atoms with E-state index < -0.39 is 0 Å². The number of aromatic nitrogens is 1. The standard InChI is InChI=1S/C20H17BrFN3S/c21-14-5-3-6-15(13-14)23-20(26)25-12-11-24-10-4-9-18(24)19(25)16-7-1-2-8-17(16)22/h1-10,13,19H,11-12H2,(H,23,26)/t19-/m1/s1. The molecule has 1 aromatic heterocycles. The van der Waals surface area contributed by atoms with Crippen molar-refractivity contribution in [1.29, 1.82) is 0 Å². The van der Waals surface area contributed by atoms with Gasteiger partial charge < -0.3 is 14.8 Å². The average molecular weight is 430 g/mol. The number of fused-ring (bicyclic) bond motifs is 1. The predicted octanol–water partition coefficient (Wildman–Crippen LogP) is 5.19. The van der Waals surface area contributed by atoms with Gasteiger partial charge in [0.2, 0.25) is 0 Å². The molecule has 1 aliphatic rings. The first-order chi connectivity index (χ1) is 12.6. The molecule has 0 saturated carbocycles. The van der Waals surface area contributed by atoms with Crippen LogP contribution in [0.2, 0.25) is 0 Å². The van der Waals surface area contributed by atoms with Crippen LogP contribution in [0.15, 0.2) is 71.3 Å². The monoisotopic (exact) mass is 429 g/mol. The van der Waals surface area contributed by atoms with E-state index in [0.717, 1.165) is 22.4 Å². The molecule has 3 nitrogen and oxygen atoms in total. The van der Waals surface area contributed by atoms with Gasteiger partial charge in [0.25, 0.3) is 0 Å². The number of nitrogens with zero attached hydrogens (tertiary/aromatic N) is 2. The normalized spacial score (nSPS) is 16.2. The Morgan fingerprint density at radius 3 is 2.73 bits per heavy atom. The first-order valence-electron chi connectivity index (χ1n) is 8.36. The Labute approximate surface area is 165 Å². The van der Waals surface area contributed by atoms with E-state index in [1.54, 1.807) is 6.07 Å². The quantitative estimate of drug-likeness (QED) is 0.565. The molecular weight excluding hydrogens is 413 g/mol. The maximum absolute atomic E-state index is 14.6. The lowest BCUT2D eigenvalue weighted by atomic mass is 10.00. The van der Waals surface area contributed by atoms with Crippen molar-refractivity contribution in [2.45, 2.75) is 12.6 Å². The number of anilines is 1. The zero-order valence-electron chi connectivity index (χ0n) is 13.9. The first kappa shape index (κ1) is 17.2. The van der Waals surface area contributed by atoms with E-state index in [-0.39, 0.29) is 11.9 Å². The molecule has 0 radical (unpaired) electrons. The van der Waals surface area contributed by atoms with E-state index in [1.165, 1.54) is 6.07 Å². The summed E-state index contributed by atoms with van der Waals surface area (Å²) in [5.74, 6) is -0.220. The van der Waals surface area contributed by atoms with Crippen LogP contribution >= 0.6 is 28.1 Å². The maximum Gasteiger partial charge on any atom is 0.174 e. The summed E-state index contributed by atoms with van der Waals surface area (Å²) >= 11 is 9.16. The van der Waals surface area contributed by atoms with E-state index in [2.05, 4.69) is 30.7 Å². The van der Waals surface area contributed by atoms with Crippen molar-refractivity contribution >= 4 is 38.9 Å². The highest BCUT2D eigenvalue weighted by Gasteiger charge is 2.32. The maximum atomic E-state index is 14.6. The van der Waals surface area contributed by atoms with Crippen molar-refractivity contribution in [3.05, 3.63) is 88.4 Å². The summed E-state index contributed by atoms with van der Waals surface area (Å²) in [4.78, 5) is 2.06. The third-order valence-electron chi connectivity index (χ3n) is 4.57. The summed E-state index contributed by atoms with van der Waals surface area (Å²) < 4.78 is 17.7. The molecule has 0 fully saturated rings. The van der Waals surface area contributed by atoms with Gasteiger partial charge in [0.1, 0.15) is 5.82 Å². The van der Waals surface area contributed by atoms with E-state index in [1.807, 2.05) is 54.7 Å².